The largest absolute Gasteiger partial charge is 0.394 e. The second kappa shape index (κ2) is 6.84. The number of carbonyl (C=O) groups is 1. The van der Waals surface area contributed by atoms with Crippen molar-refractivity contribution in [3.05, 3.63) is 4.91 Å². The van der Waals surface area contributed by atoms with E-state index in [0.717, 1.165) is 7.05 Å². The molecule has 5 N–H and O–H groups in total. The summed E-state index contributed by atoms with van der Waals surface area (Å²) in [6.07, 6.45) is -5.48. The summed E-state index contributed by atoms with van der Waals surface area (Å²) in [6, 6.07) is -1.14. The van der Waals surface area contributed by atoms with E-state index in [2.05, 4.69) is 10.6 Å². The molecule has 1 aliphatic heterocycles. The zero-order valence-corrected chi connectivity index (χ0v) is 10.2. The number of hydrogen-bond donors (Lipinski definition) is 5. The number of aliphatic hydroxyl groups excluding tert-OH is 4. The van der Waals surface area contributed by atoms with Crippen LogP contribution in [0, 0.1) is 4.91 Å². The molecule has 10 nitrogen and oxygen atoms in total. The Balaban J connectivity index is 2.58. The summed E-state index contributed by atoms with van der Waals surface area (Å²) in [4.78, 5) is 21.4. The Morgan fingerprint density at radius 2 is 2.00 bits per heavy atom. The number of nitrogens with one attached hydrogen (secondary N) is 1. The summed E-state index contributed by atoms with van der Waals surface area (Å²) >= 11 is 0. The maximum Gasteiger partial charge on any atom is 0.258 e. The maximum absolute atomic E-state index is 11.3. The molecule has 10 heteroatoms. The van der Waals surface area contributed by atoms with Crippen LogP contribution in [0.5, 0.6) is 0 Å². The number of hydrogen-bond acceptors (Lipinski definition) is 9. The fourth-order valence-electron chi connectivity index (χ4n) is 1.68. The highest BCUT2D eigenvalue weighted by molar-refractivity contribution is 5.77. The van der Waals surface area contributed by atoms with E-state index < -0.39 is 43.2 Å². The highest BCUT2D eigenvalue weighted by Gasteiger charge is 2.43. The lowest BCUT2D eigenvalue weighted by Gasteiger charge is -2.40. The van der Waals surface area contributed by atoms with Gasteiger partial charge in [0.15, 0.2) is 6.29 Å². The van der Waals surface area contributed by atoms with Crippen molar-refractivity contribution in [1.82, 2.24) is 10.3 Å². The highest BCUT2D eigenvalue weighted by atomic mass is 16.6. The molecule has 1 heterocycles. The van der Waals surface area contributed by atoms with Gasteiger partial charge in [0.25, 0.3) is 5.91 Å². The van der Waals surface area contributed by atoms with Crippen LogP contribution >= 0.6 is 0 Å². The number of nitroso groups, excluding NO2 is 1. The molecule has 1 rings (SSSR count). The van der Waals surface area contributed by atoms with Crippen molar-refractivity contribution in [3.63, 3.8) is 0 Å². The Morgan fingerprint density at radius 3 is 2.53 bits per heavy atom. The van der Waals surface area contributed by atoms with Crippen molar-refractivity contribution in [3.8, 4) is 0 Å². The molecule has 0 radical (unpaired) electrons. The van der Waals surface area contributed by atoms with Gasteiger partial charge in [-0.25, -0.2) is 0 Å². The number of rotatable bonds is 5. The molecule has 5 atom stereocenters. The highest BCUT2D eigenvalue weighted by Crippen LogP contribution is 2.19. The van der Waals surface area contributed by atoms with Crippen molar-refractivity contribution in [2.75, 3.05) is 20.2 Å². The molecule has 0 saturated carbocycles. The summed E-state index contributed by atoms with van der Waals surface area (Å²) < 4.78 is 4.87. The number of aliphatic hydroxyl groups is 4. The van der Waals surface area contributed by atoms with Crippen LogP contribution in [-0.4, -0.2) is 82.2 Å². The Morgan fingerprint density at radius 1 is 1.37 bits per heavy atom. The number of ether oxygens (including phenoxy) is 1. The SMILES string of the molecule is CN(N=O)C(=O)CNC1[C@@H](O)OC(CO)[C@@H](O)[C@H]1O. The van der Waals surface area contributed by atoms with Crippen LogP contribution in [-0.2, 0) is 9.53 Å². The minimum Gasteiger partial charge on any atom is -0.394 e. The van der Waals surface area contributed by atoms with E-state index in [1.807, 2.05) is 0 Å². The lowest BCUT2D eigenvalue weighted by atomic mass is 9.97. The molecule has 0 aromatic heterocycles. The van der Waals surface area contributed by atoms with E-state index in [0.29, 0.717) is 5.01 Å². The molecule has 1 fully saturated rings. The summed E-state index contributed by atoms with van der Waals surface area (Å²) in [7, 11) is 1.15. The quantitative estimate of drug-likeness (QED) is 0.257. The van der Waals surface area contributed by atoms with E-state index in [4.69, 9.17) is 9.84 Å². The molecule has 0 aromatic rings. The topological polar surface area (TPSA) is 152 Å². The summed E-state index contributed by atoms with van der Waals surface area (Å²) in [5.41, 5.74) is 0. The Labute approximate surface area is 108 Å². The van der Waals surface area contributed by atoms with Crippen LogP contribution in [0.4, 0.5) is 0 Å². The Kier molecular flexibility index (Phi) is 5.72. The number of amides is 1. The minimum absolute atomic E-state index is 0.388. The normalized spacial score (nSPS) is 34.9. The minimum atomic E-state index is -1.52. The Bertz CT molecular complexity index is 329. The van der Waals surface area contributed by atoms with Crippen LogP contribution in [0.25, 0.3) is 0 Å². The van der Waals surface area contributed by atoms with Crippen LogP contribution in [0.15, 0.2) is 5.29 Å². The average molecular weight is 279 g/mol. The second-order valence-electron chi connectivity index (χ2n) is 4.13. The average Bonchev–Trinajstić information content (AvgIpc) is 2.41. The van der Waals surface area contributed by atoms with Gasteiger partial charge in [-0.1, -0.05) is 0 Å². The zero-order chi connectivity index (χ0) is 14.6. The molecule has 110 valence electrons. The fraction of sp³-hybridized carbons (Fsp3) is 0.889. The smallest absolute Gasteiger partial charge is 0.258 e. The summed E-state index contributed by atoms with van der Waals surface area (Å²) in [6.45, 7) is -0.959. The molecular formula is C9H17N3O7. The van der Waals surface area contributed by atoms with Crippen molar-refractivity contribution in [2.45, 2.75) is 30.6 Å². The molecule has 2 unspecified atom stereocenters. The van der Waals surface area contributed by atoms with Gasteiger partial charge in [-0.05, 0) is 0 Å². The lowest BCUT2D eigenvalue weighted by Crippen LogP contribution is -2.64. The number of likely N-dealkylation sites (N-methyl/N-ethyl adjacent to an activating group) is 1. The predicted molar refractivity (Wildman–Crippen MR) is 60.3 cm³/mol. The van der Waals surface area contributed by atoms with Crippen LogP contribution in [0.3, 0.4) is 0 Å². The predicted octanol–water partition coefficient (Wildman–Crippen LogP) is -3.48. The molecule has 0 bridgehead atoms. The van der Waals surface area contributed by atoms with Crippen LogP contribution in [0.2, 0.25) is 0 Å². The first kappa shape index (κ1) is 15.9. The third kappa shape index (κ3) is 3.65. The van der Waals surface area contributed by atoms with Gasteiger partial charge in [0.1, 0.15) is 18.3 Å². The Hall–Kier alpha value is -1.17. The van der Waals surface area contributed by atoms with Gasteiger partial charge in [0, 0.05) is 7.05 Å². The third-order valence-electron chi connectivity index (χ3n) is 2.87. The number of nitrogens with zero attached hydrogens (tertiary/aromatic N) is 2. The molecule has 1 aliphatic rings. The first-order valence-electron chi connectivity index (χ1n) is 5.56. The summed E-state index contributed by atoms with van der Waals surface area (Å²) in [5, 5.41) is 43.2. The fourth-order valence-corrected chi connectivity index (χ4v) is 1.68. The van der Waals surface area contributed by atoms with Crippen molar-refractivity contribution < 1.29 is 30.0 Å². The maximum atomic E-state index is 11.3. The van der Waals surface area contributed by atoms with Gasteiger partial charge in [0.2, 0.25) is 0 Å². The lowest BCUT2D eigenvalue weighted by molar-refractivity contribution is -0.254. The number of carbonyl (C=O) groups excluding carboxylic acids is 1. The van der Waals surface area contributed by atoms with Gasteiger partial charge in [-0.3, -0.25) is 10.1 Å². The third-order valence-corrected chi connectivity index (χ3v) is 2.87. The van der Waals surface area contributed by atoms with E-state index in [9.17, 15) is 25.0 Å². The van der Waals surface area contributed by atoms with Crippen LogP contribution < -0.4 is 5.32 Å². The second-order valence-corrected chi connectivity index (χ2v) is 4.13. The van der Waals surface area contributed by atoms with Gasteiger partial charge >= 0.3 is 0 Å². The van der Waals surface area contributed by atoms with Crippen molar-refractivity contribution in [2.24, 2.45) is 5.29 Å². The monoisotopic (exact) mass is 279 g/mol. The van der Waals surface area contributed by atoms with E-state index in [1.165, 1.54) is 0 Å². The molecule has 1 amide bonds. The molecule has 0 aliphatic carbocycles. The van der Waals surface area contributed by atoms with Crippen LogP contribution in [0.1, 0.15) is 0 Å². The first-order valence-corrected chi connectivity index (χ1v) is 5.56. The van der Waals surface area contributed by atoms with Gasteiger partial charge in [0.05, 0.1) is 24.5 Å². The van der Waals surface area contributed by atoms with E-state index in [1.54, 1.807) is 0 Å². The zero-order valence-electron chi connectivity index (χ0n) is 10.2. The molecule has 0 spiro atoms. The molecule has 19 heavy (non-hydrogen) atoms. The standard InChI is InChI=1S/C9H17N3O7/c1-12(11-18)5(14)2-10-6-8(16)7(15)4(3-13)19-9(6)17/h4,6-10,13,15-17H,2-3H2,1H3/t4?,6?,7-,8+,9+/m1/s1. The van der Waals surface area contributed by atoms with Gasteiger partial charge in [-0.15, -0.1) is 4.91 Å². The van der Waals surface area contributed by atoms with E-state index in [-0.39, 0.29) is 6.54 Å². The molecular weight excluding hydrogens is 262 g/mol. The molecule has 1 saturated heterocycles. The molecule has 0 aromatic carbocycles. The first-order chi connectivity index (χ1) is 8.92. The summed E-state index contributed by atoms with van der Waals surface area (Å²) in [5.74, 6) is -0.687. The van der Waals surface area contributed by atoms with Crippen molar-refractivity contribution in [1.29, 1.82) is 0 Å². The van der Waals surface area contributed by atoms with E-state index >= 15 is 0 Å². The van der Waals surface area contributed by atoms with Gasteiger partial charge < -0.3 is 25.2 Å². The van der Waals surface area contributed by atoms with Crippen molar-refractivity contribution >= 4 is 5.91 Å². The van der Waals surface area contributed by atoms with Gasteiger partial charge in [-0.2, -0.15) is 5.01 Å².